The number of ether oxygens (including phenoxy) is 1. The van der Waals surface area contributed by atoms with E-state index >= 15 is 0 Å². The highest BCUT2D eigenvalue weighted by molar-refractivity contribution is 9.10. The fraction of sp³-hybridized carbons (Fsp3) is 0.286. The lowest BCUT2D eigenvalue weighted by Gasteiger charge is -2.41. The van der Waals surface area contributed by atoms with Crippen molar-refractivity contribution < 1.29 is 14.1 Å². The van der Waals surface area contributed by atoms with Gasteiger partial charge in [0, 0.05) is 38.8 Å². The van der Waals surface area contributed by atoms with E-state index in [-0.39, 0.29) is 17.5 Å². The molecule has 3 heterocycles. The van der Waals surface area contributed by atoms with Gasteiger partial charge >= 0.3 is 11.2 Å². The van der Waals surface area contributed by atoms with Crippen molar-refractivity contribution in [2.75, 3.05) is 38.2 Å². The number of anilines is 1. The number of halogens is 2. The summed E-state index contributed by atoms with van der Waals surface area (Å²) in [6.07, 6.45) is 0. The van der Waals surface area contributed by atoms with E-state index in [1.54, 1.807) is 31.4 Å². The fourth-order valence-corrected chi connectivity index (χ4v) is 5.72. The van der Waals surface area contributed by atoms with Crippen molar-refractivity contribution in [1.29, 1.82) is 0 Å². The summed E-state index contributed by atoms with van der Waals surface area (Å²) in [5, 5.41) is 12.1. The number of hydrogen-bond acceptors (Lipinski definition) is 7. The number of nitro groups is 1. The maximum atomic E-state index is 13.8. The maximum absolute atomic E-state index is 13.8. The highest BCUT2D eigenvalue weighted by atomic mass is 79.9. The third-order valence-electron chi connectivity index (χ3n) is 7.30. The van der Waals surface area contributed by atoms with Gasteiger partial charge in [0.25, 0.3) is 0 Å². The van der Waals surface area contributed by atoms with Gasteiger partial charge < -0.3 is 14.2 Å². The van der Waals surface area contributed by atoms with Gasteiger partial charge in [0.1, 0.15) is 21.7 Å². The number of hydrogen-bond donors (Lipinski definition) is 0. The van der Waals surface area contributed by atoms with Gasteiger partial charge in [-0.05, 0) is 64.3 Å². The van der Waals surface area contributed by atoms with Crippen LogP contribution in [0, 0.1) is 22.9 Å². The molecule has 2 aromatic heterocycles. The zero-order chi connectivity index (χ0) is 27.8. The molecule has 1 aliphatic heterocycles. The molecule has 1 unspecified atom stereocenters. The van der Waals surface area contributed by atoms with Crippen molar-refractivity contribution in [3.05, 3.63) is 102 Å². The van der Waals surface area contributed by atoms with Gasteiger partial charge in [-0.2, -0.15) is 0 Å². The number of methoxy groups -OCH3 is 1. The first-order valence-electron chi connectivity index (χ1n) is 12.4. The number of pyridine rings is 2. The average molecular weight is 596 g/mol. The smallest absolute Gasteiger partial charge is 0.359 e. The van der Waals surface area contributed by atoms with E-state index in [4.69, 9.17) is 4.74 Å². The van der Waals surface area contributed by atoms with Gasteiger partial charge in [0.05, 0.1) is 23.6 Å². The van der Waals surface area contributed by atoms with Crippen LogP contribution in [0.1, 0.15) is 22.7 Å². The maximum Gasteiger partial charge on any atom is 0.359 e. The minimum atomic E-state index is -0.678. The summed E-state index contributed by atoms with van der Waals surface area (Å²) < 4.78 is 21.4. The van der Waals surface area contributed by atoms with Crippen LogP contribution in [0.5, 0.6) is 5.75 Å². The van der Waals surface area contributed by atoms with Crippen LogP contribution >= 0.6 is 15.9 Å². The molecule has 0 amide bonds. The summed E-state index contributed by atoms with van der Waals surface area (Å²) in [7, 11) is 3.14. The lowest BCUT2D eigenvalue weighted by atomic mass is 9.92. The molecule has 0 saturated carbocycles. The van der Waals surface area contributed by atoms with Crippen LogP contribution in [0.15, 0.2) is 64.0 Å². The number of aromatic nitrogens is 2. The molecule has 1 fully saturated rings. The second kappa shape index (κ2) is 10.7. The molecule has 9 nitrogen and oxygen atoms in total. The second-order valence-electron chi connectivity index (χ2n) is 9.49. The molecule has 0 aliphatic carbocycles. The Balaban J connectivity index is 1.57. The quantitative estimate of drug-likeness (QED) is 0.176. The predicted molar refractivity (Wildman–Crippen MR) is 151 cm³/mol. The van der Waals surface area contributed by atoms with Crippen molar-refractivity contribution in [3.8, 4) is 5.75 Å². The first kappa shape index (κ1) is 26.8. The van der Waals surface area contributed by atoms with E-state index in [0.29, 0.717) is 41.8 Å². The number of aryl methyl sites for hydroxylation is 2. The second-order valence-corrected chi connectivity index (χ2v) is 10.3. The van der Waals surface area contributed by atoms with Gasteiger partial charge in [-0.15, -0.1) is 0 Å². The molecule has 11 heteroatoms. The zero-order valence-electron chi connectivity index (χ0n) is 21.7. The molecule has 39 heavy (non-hydrogen) atoms. The standard InChI is InChI=1S/C28H27BrFN5O4/c1-17-5-4-6-21(39-3)23(17)25(18-7-9-19(30)10-8-18)33-13-15-34(16-14-33)26-24-20(11-12-22(29)31-24)32(2)28(36)27(26)35(37)38/h4-12,25H,13-16H2,1-3H3. The minimum Gasteiger partial charge on any atom is -0.496 e. The lowest BCUT2D eigenvalue weighted by molar-refractivity contribution is -0.385. The Morgan fingerprint density at radius 3 is 2.41 bits per heavy atom. The Morgan fingerprint density at radius 1 is 1.08 bits per heavy atom. The summed E-state index contributed by atoms with van der Waals surface area (Å²) in [6, 6.07) is 15.5. The summed E-state index contributed by atoms with van der Waals surface area (Å²) >= 11 is 3.37. The fourth-order valence-electron chi connectivity index (χ4n) is 5.41. The highest BCUT2D eigenvalue weighted by Crippen LogP contribution is 2.39. The molecule has 0 N–H and O–H groups in total. The molecule has 0 spiro atoms. The number of benzene rings is 2. The van der Waals surface area contributed by atoms with Crippen LogP contribution in [0.2, 0.25) is 0 Å². The molecule has 0 bridgehead atoms. The minimum absolute atomic E-state index is 0.228. The molecule has 1 atom stereocenters. The van der Waals surface area contributed by atoms with Gasteiger partial charge in [-0.3, -0.25) is 19.8 Å². The van der Waals surface area contributed by atoms with Crippen molar-refractivity contribution in [2.24, 2.45) is 7.05 Å². The molecule has 202 valence electrons. The lowest BCUT2D eigenvalue weighted by Crippen LogP contribution is -2.48. The van der Waals surface area contributed by atoms with Gasteiger partial charge in [-0.1, -0.05) is 24.3 Å². The Bertz CT molecular complexity index is 1620. The van der Waals surface area contributed by atoms with E-state index in [9.17, 15) is 19.3 Å². The molecule has 0 radical (unpaired) electrons. The normalized spacial score (nSPS) is 14.9. The topological polar surface area (TPSA) is 93.7 Å². The molecule has 2 aromatic carbocycles. The third-order valence-corrected chi connectivity index (χ3v) is 7.74. The Kier molecular flexibility index (Phi) is 7.37. The van der Waals surface area contributed by atoms with E-state index in [1.807, 2.05) is 30.0 Å². The highest BCUT2D eigenvalue weighted by Gasteiger charge is 2.34. The predicted octanol–water partition coefficient (Wildman–Crippen LogP) is 4.97. The van der Waals surface area contributed by atoms with E-state index < -0.39 is 16.2 Å². The van der Waals surface area contributed by atoms with E-state index in [0.717, 1.165) is 22.4 Å². The van der Waals surface area contributed by atoms with Gasteiger partial charge in [-0.25, -0.2) is 9.37 Å². The molecular formula is C28H27BrFN5O4. The first-order valence-corrected chi connectivity index (χ1v) is 13.2. The van der Waals surface area contributed by atoms with Crippen LogP contribution in [-0.4, -0.2) is 52.7 Å². The Hall–Kier alpha value is -3.83. The van der Waals surface area contributed by atoms with Crippen LogP contribution in [0.4, 0.5) is 15.8 Å². The van der Waals surface area contributed by atoms with Crippen LogP contribution < -0.4 is 15.2 Å². The number of fused-ring (bicyclic) bond motifs is 1. The molecular weight excluding hydrogens is 569 g/mol. The van der Waals surface area contributed by atoms with Crippen molar-refractivity contribution in [1.82, 2.24) is 14.5 Å². The average Bonchev–Trinajstić information content (AvgIpc) is 2.92. The molecule has 4 aromatic rings. The zero-order valence-corrected chi connectivity index (χ0v) is 23.3. The first-order chi connectivity index (χ1) is 18.7. The Morgan fingerprint density at radius 2 is 1.77 bits per heavy atom. The SMILES string of the molecule is COc1cccc(C)c1C(c1ccc(F)cc1)N1CCN(c2c([N+](=O)[O-])c(=O)n(C)c3ccc(Br)nc23)CC1. The molecule has 1 saturated heterocycles. The van der Waals surface area contributed by atoms with Crippen LogP contribution in [-0.2, 0) is 7.05 Å². The summed E-state index contributed by atoms with van der Waals surface area (Å²) in [4.78, 5) is 33.2. The third kappa shape index (κ3) is 4.87. The van der Waals surface area contributed by atoms with E-state index in [2.05, 4.69) is 25.8 Å². The monoisotopic (exact) mass is 595 g/mol. The summed E-state index contributed by atoms with van der Waals surface area (Å²) in [5.74, 6) is 0.413. The number of piperazine rings is 1. The summed E-state index contributed by atoms with van der Waals surface area (Å²) in [6.45, 7) is 3.92. The summed E-state index contributed by atoms with van der Waals surface area (Å²) in [5.41, 5.74) is 2.90. The Labute approximate surface area is 232 Å². The largest absolute Gasteiger partial charge is 0.496 e. The number of rotatable bonds is 6. The van der Waals surface area contributed by atoms with Gasteiger partial charge in [0.2, 0.25) is 0 Å². The molecule has 5 rings (SSSR count). The molecule has 1 aliphatic rings. The van der Waals surface area contributed by atoms with Crippen LogP contribution in [0.25, 0.3) is 11.0 Å². The van der Waals surface area contributed by atoms with Crippen LogP contribution in [0.3, 0.4) is 0 Å². The van der Waals surface area contributed by atoms with Crippen molar-refractivity contribution in [3.63, 3.8) is 0 Å². The van der Waals surface area contributed by atoms with E-state index in [1.165, 1.54) is 23.7 Å². The van der Waals surface area contributed by atoms with Crippen molar-refractivity contribution in [2.45, 2.75) is 13.0 Å². The van der Waals surface area contributed by atoms with Crippen molar-refractivity contribution >= 4 is 38.3 Å². The van der Waals surface area contributed by atoms with Gasteiger partial charge in [0.15, 0.2) is 5.69 Å². The number of nitrogens with zero attached hydrogens (tertiary/aromatic N) is 5.